The first-order valence-electron chi connectivity index (χ1n) is 4.12. The summed E-state index contributed by atoms with van der Waals surface area (Å²) < 4.78 is 5.18. The molecule has 0 aliphatic carbocycles. The first kappa shape index (κ1) is 8.62. The molecule has 0 atom stereocenters. The van der Waals surface area contributed by atoms with Gasteiger partial charge in [0, 0.05) is 23.5 Å². The molecule has 0 saturated carbocycles. The summed E-state index contributed by atoms with van der Waals surface area (Å²) >= 11 is 0. The van der Waals surface area contributed by atoms with Crippen molar-refractivity contribution in [2.24, 2.45) is 0 Å². The molecule has 0 radical (unpaired) electrons. The van der Waals surface area contributed by atoms with Crippen molar-refractivity contribution in [3.05, 3.63) is 36.1 Å². The summed E-state index contributed by atoms with van der Waals surface area (Å²) in [7, 11) is 0. The van der Waals surface area contributed by atoms with Crippen LogP contribution >= 0.6 is 0 Å². The number of rotatable bonds is 2. The summed E-state index contributed by atoms with van der Waals surface area (Å²) in [6, 6.07) is 1.72. The fourth-order valence-corrected chi connectivity index (χ4v) is 1.23. The Balaban J connectivity index is 2.52. The van der Waals surface area contributed by atoms with Crippen molar-refractivity contribution >= 4 is 6.29 Å². The average Bonchev–Trinajstić information content (AvgIpc) is 2.65. The molecule has 0 aliphatic rings. The second-order valence-electron chi connectivity index (χ2n) is 2.89. The van der Waals surface area contributed by atoms with Crippen LogP contribution < -0.4 is 0 Å². The van der Waals surface area contributed by atoms with E-state index < -0.39 is 0 Å². The van der Waals surface area contributed by atoms with E-state index in [9.17, 15) is 4.79 Å². The van der Waals surface area contributed by atoms with Gasteiger partial charge in [0.15, 0.2) is 18.4 Å². The van der Waals surface area contributed by atoms with Gasteiger partial charge in [0.05, 0.1) is 5.69 Å². The van der Waals surface area contributed by atoms with Crippen molar-refractivity contribution in [2.45, 2.75) is 6.92 Å². The van der Waals surface area contributed by atoms with Crippen LogP contribution in [0.4, 0.5) is 0 Å². The SMILES string of the molecule is Cc1ncoc1-c1cncc(C=O)c1. The molecule has 0 aliphatic heterocycles. The molecule has 0 bridgehead atoms. The van der Waals surface area contributed by atoms with Crippen LogP contribution in [0.5, 0.6) is 0 Å². The minimum absolute atomic E-state index is 0.526. The highest BCUT2D eigenvalue weighted by atomic mass is 16.3. The maximum absolute atomic E-state index is 10.5. The van der Waals surface area contributed by atoms with E-state index in [2.05, 4.69) is 9.97 Å². The van der Waals surface area contributed by atoms with E-state index >= 15 is 0 Å². The number of aldehydes is 1. The fraction of sp³-hybridized carbons (Fsp3) is 0.100. The Morgan fingerprint density at radius 2 is 2.29 bits per heavy atom. The predicted molar refractivity (Wildman–Crippen MR) is 49.9 cm³/mol. The first-order chi connectivity index (χ1) is 6.81. The largest absolute Gasteiger partial charge is 0.443 e. The number of hydrogen-bond acceptors (Lipinski definition) is 4. The number of aryl methyl sites for hydroxylation is 1. The topological polar surface area (TPSA) is 56.0 Å². The maximum atomic E-state index is 10.5. The zero-order valence-electron chi connectivity index (χ0n) is 7.60. The van der Waals surface area contributed by atoms with Gasteiger partial charge in [-0.05, 0) is 13.0 Å². The zero-order chi connectivity index (χ0) is 9.97. The predicted octanol–water partition coefficient (Wildman–Crippen LogP) is 1.86. The maximum Gasteiger partial charge on any atom is 0.181 e. The van der Waals surface area contributed by atoms with Crippen LogP contribution in [0, 0.1) is 6.92 Å². The van der Waals surface area contributed by atoms with E-state index in [1.165, 1.54) is 12.6 Å². The first-order valence-corrected chi connectivity index (χ1v) is 4.12. The lowest BCUT2D eigenvalue weighted by Crippen LogP contribution is -1.85. The van der Waals surface area contributed by atoms with E-state index in [1.807, 2.05) is 6.92 Å². The molecule has 0 amide bonds. The van der Waals surface area contributed by atoms with E-state index in [0.29, 0.717) is 11.3 Å². The molecule has 4 nitrogen and oxygen atoms in total. The molecule has 0 fully saturated rings. The van der Waals surface area contributed by atoms with Crippen molar-refractivity contribution in [3.8, 4) is 11.3 Å². The lowest BCUT2D eigenvalue weighted by molar-refractivity contribution is 0.112. The lowest BCUT2D eigenvalue weighted by atomic mass is 10.1. The van der Waals surface area contributed by atoms with Crippen LogP contribution in [0.1, 0.15) is 16.1 Å². The van der Waals surface area contributed by atoms with Gasteiger partial charge in [-0.25, -0.2) is 4.98 Å². The molecule has 2 rings (SSSR count). The number of oxazole rings is 1. The summed E-state index contributed by atoms with van der Waals surface area (Å²) in [6.45, 7) is 1.84. The number of nitrogens with zero attached hydrogens (tertiary/aromatic N) is 2. The summed E-state index contributed by atoms with van der Waals surface area (Å²) in [5.74, 6) is 0.654. The molecule has 0 saturated heterocycles. The number of pyridine rings is 1. The molecule has 0 N–H and O–H groups in total. The van der Waals surface area contributed by atoms with E-state index in [-0.39, 0.29) is 0 Å². The standard InChI is InChI=1S/C10H8N2O2/c1-7-10(14-6-12-7)9-2-8(5-13)3-11-4-9/h2-6H,1H3. The van der Waals surface area contributed by atoms with Crippen molar-refractivity contribution in [1.82, 2.24) is 9.97 Å². The van der Waals surface area contributed by atoms with Gasteiger partial charge in [-0.15, -0.1) is 0 Å². The van der Waals surface area contributed by atoms with Crippen LogP contribution in [0.15, 0.2) is 29.3 Å². The third-order valence-electron chi connectivity index (χ3n) is 1.90. The Morgan fingerprint density at radius 3 is 2.93 bits per heavy atom. The van der Waals surface area contributed by atoms with Crippen LogP contribution in [0.2, 0.25) is 0 Å². The van der Waals surface area contributed by atoms with Crippen molar-refractivity contribution in [1.29, 1.82) is 0 Å². The zero-order valence-corrected chi connectivity index (χ0v) is 7.60. The van der Waals surface area contributed by atoms with E-state index in [1.54, 1.807) is 12.3 Å². The van der Waals surface area contributed by atoms with Crippen LogP contribution in [0.25, 0.3) is 11.3 Å². The fourth-order valence-electron chi connectivity index (χ4n) is 1.23. The molecule has 2 aromatic heterocycles. The molecule has 0 spiro atoms. The van der Waals surface area contributed by atoms with Gasteiger partial charge < -0.3 is 4.42 Å². The van der Waals surface area contributed by atoms with Gasteiger partial charge in [-0.1, -0.05) is 0 Å². The van der Waals surface area contributed by atoms with Gasteiger partial charge >= 0.3 is 0 Å². The van der Waals surface area contributed by atoms with E-state index in [4.69, 9.17) is 4.42 Å². The van der Waals surface area contributed by atoms with Crippen LogP contribution in [-0.2, 0) is 0 Å². The molecule has 14 heavy (non-hydrogen) atoms. The Labute approximate surface area is 80.6 Å². The van der Waals surface area contributed by atoms with Gasteiger partial charge in [0.2, 0.25) is 0 Å². The van der Waals surface area contributed by atoms with Gasteiger partial charge in [-0.2, -0.15) is 0 Å². The number of aromatic nitrogens is 2. The summed E-state index contributed by atoms with van der Waals surface area (Å²) in [5.41, 5.74) is 2.08. The summed E-state index contributed by atoms with van der Waals surface area (Å²) in [4.78, 5) is 18.4. The molecule has 2 heterocycles. The Kier molecular flexibility index (Phi) is 2.10. The highest BCUT2D eigenvalue weighted by molar-refractivity contribution is 5.77. The second kappa shape index (κ2) is 3.41. The number of carbonyl (C=O) groups excluding carboxylic acids is 1. The quantitative estimate of drug-likeness (QED) is 0.675. The van der Waals surface area contributed by atoms with Gasteiger partial charge in [0.25, 0.3) is 0 Å². The van der Waals surface area contributed by atoms with E-state index in [0.717, 1.165) is 17.5 Å². The summed E-state index contributed by atoms with van der Waals surface area (Å²) in [6.07, 6.45) is 5.27. The molecular weight excluding hydrogens is 180 g/mol. The highest BCUT2D eigenvalue weighted by Crippen LogP contribution is 2.21. The van der Waals surface area contributed by atoms with Gasteiger partial charge in [0.1, 0.15) is 0 Å². The smallest absolute Gasteiger partial charge is 0.181 e. The van der Waals surface area contributed by atoms with Crippen molar-refractivity contribution in [2.75, 3.05) is 0 Å². The molecular formula is C10H8N2O2. The molecule has 2 aromatic rings. The monoisotopic (exact) mass is 188 g/mol. The molecule has 0 aromatic carbocycles. The third kappa shape index (κ3) is 1.42. The minimum Gasteiger partial charge on any atom is -0.443 e. The molecule has 4 heteroatoms. The minimum atomic E-state index is 0.526. The highest BCUT2D eigenvalue weighted by Gasteiger charge is 2.07. The van der Waals surface area contributed by atoms with Crippen LogP contribution in [0.3, 0.4) is 0 Å². The third-order valence-corrected chi connectivity index (χ3v) is 1.90. The normalized spacial score (nSPS) is 10.1. The van der Waals surface area contributed by atoms with Crippen molar-refractivity contribution in [3.63, 3.8) is 0 Å². The Hall–Kier alpha value is -1.97. The van der Waals surface area contributed by atoms with Crippen molar-refractivity contribution < 1.29 is 9.21 Å². The number of hydrogen-bond donors (Lipinski definition) is 0. The summed E-state index contributed by atoms with van der Waals surface area (Å²) in [5, 5.41) is 0. The Morgan fingerprint density at radius 1 is 1.43 bits per heavy atom. The number of carbonyl (C=O) groups is 1. The average molecular weight is 188 g/mol. The Bertz CT molecular complexity index is 463. The van der Waals surface area contributed by atoms with Gasteiger partial charge in [-0.3, -0.25) is 9.78 Å². The van der Waals surface area contributed by atoms with Crippen LogP contribution in [-0.4, -0.2) is 16.3 Å². The second-order valence-corrected chi connectivity index (χ2v) is 2.89. The molecule has 0 unspecified atom stereocenters. The molecule has 70 valence electrons. The lowest BCUT2D eigenvalue weighted by Gasteiger charge is -1.97.